The largest absolute Gasteiger partial charge is 0.370 e. The van der Waals surface area contributed by atoms with Gasteiger partial charge in [0.25, 0.3) is 0 Å². The SMILES string of the molecule is CCC(=O)NC1C2CN3CCC(O2)C13. The molecule has 3 fully saturated rings. The average Bonchev–Trinajstić information content (AvgIpc) is 2.74. The minimum atomic E-state index is 0.151. The first-order valence-corrected chi connectivity index (χ1v) is 5.48. The molecular weight excluding hydrogens is 180 g/mol. The molecule has 3 aliphatic heterocycles. The van der Waals surface area contributed by atoms with Crippen molar-refractivity contribution in [2.24, 2.45) is 0 Å². The lowest BCUT2D eigenvalue weighted by Gasteiger charge is -2.21. The van der Waals surface area contributed by atoms with Gasteiger partial charge in [0.2, 0.25) is 5.91 Å². The molecule has 4 heteroatoms. The Bertz CT molecular complexity index is 255. The third-order valence-corrected chi connectivity index (χ3v) is 3.68. The van der Waals surface area contributed by atoms with Crippen molar-refractivity contribution in [3.63, 3.8) is 0 Å². The van der Waals surface area contributed by atoms with E-state index in [1.54, 1.807) is 0 Å². The van der Waals surface area contributed by atoms with E-state index in [-0.39, 0.29) is 18.1 Å². The molecule has 3 heterocycles. The van der Waals surface area contributed by atoms with Gasteiger partial charge in [0, 0.05) is 19.5 Å². The second-order valence-corrected chi connectivity index (χ2v) is 4.43. The predicted molar refractivity (Wildman–Crippen MR) is 50.9 cm³/mol. The molecule has 1 amide bonds. The Labute approximate surface area is 83.6 Å². The second kappa shape index (κ2) is 2.94. The molecule has 4 unspecified atom stereocenters. The number of fused-ring (bicyclic) bond motifs is 1. The van der Waals surface area contributed by atoms with Crippen LogP contribution in [0.25, 0.3) is 0 Å². The maximum Gasteiger partial charge on any atom is 0.220 e. The number of hydrogen-bond donors (Lipinski definition) is 1. The molecule has 0 saturated carbocycles. The zero-order valence-corrected chi connectivity index (χ0v) is 8.40. The lowest BCUT2D eigenvalue weighted by molar-refractivity contribution is -0.121. The summed E-state index contributed by atoms with van der Waals surface area (Å²) in [6.07, 6.45) is 2.35. The van der Waals surface area contributed by atoms with Gasteiger partial charge in [-0.25, -0.2) is 0 Å². The topological polar surface area (TPSA) is 41.6 Å². The summed E-state index contributed by atoms with van der Waals surface area (Å²) in [6, 6.07) is 0.727. The van der Waals surface area contributed by atoms with E-state index in [2.05, 4.69) is 10.2 Å². The van der Waals surface area contributed by atoms with Crippen molar-refractivity contribution in [3.8, 4) is 0 Å². The summed E-state index contributed by atoms with van der Waals surface area (Å²) in [6.45, 7) is 4.04. The lowest BCUT2D eigenvalue weighted by atomic mass is 10.1. The normalized spacial score (nSPS) is 44.6. The van der Waals surface area contributed by atoms with E-state index in [1.165, 1.54) is 0 Å². The van der Waals surface area contributed by atoms with Crippen LogP contribution in [0.3, 0.4) is 0 Å². The van der Waals surface area contributed by atoms with Crippen LogP contribution in [-0.2, 0) is 9.53 Å². The summed E-state index contributed by atoms with van der Waals surface area (Å²) in [4.78, 5) is 13.8. The third kappa shape index (κ3) is 1.04. The lowest BCUT2D eigenvalue weighted by Crippen LogP contribution is -2.44. The highest BCUT2D eigenvalue weighted by atomic mass is 16.5. The Morgan fingerprint density at radius 3 is 3.14 bits per heavy atom. The molecule has 0 spiro atoms. The molecule has 4 nitrogen and oxygen atoms in total. The summed E-state index contributed by atoms with van der Waals surface area (Å²) in [5.41, 5.74) is 0. The number of rotatable bonds is 2. The highest BCUT2D eigenvalue weighted by molar-refractivity contribution is 5.76. The summed E-state index contributed by atoms with van der Waals surface area (Å²) >= 11 is 0. The van der Waals surface area contributed by atoms with Gasteiger partial charge in [-0.15, -0.1) is 0 Å². The van der Waals surface area contributed by atoms with Gasteiger partial charge < -0.3 is 10.1 Å². The van der Waals surface area contributed by atoms with Crippen LogP contribution in [0.5, 0.6) is 0 Å². The minimum Gasteiger partial charge on any atom is -0.370 e. The molecular formula is C10H16N2O2. The molecule has 78 valence electrons. The monoisotopic (exact) mass is 196 g/mol. The molecule has 3 rings (SSSR count). The number of nitrogens with zero attached hydrogens (tertiary/aromatic N) is 1. The molecule has 2 bridgehead atoms. The summed E-state index contributed by atoms with van der Waals surface area (Å²) in [7, 11) is 0. The Morgan fingerprint density at radius 1 is 1.57 bits per heavy atom. The number of nitrogens with one attached hydrogen (secondary N) is 1. The third-order valence-electron chi connectivity index (χ3n) is 3.68. The van der Waals surface area contributed by atoms with Crippen molar-refractivity contribution in [3.05, 3.63) is 0 Å². The standard InChI is InChI=1S/C10H16N2O2/c1-2-8(13)11-9-7-5-12-4-3-6(14-7)10(9)12/h6-7,9-10H,2-5H2,1H3,(H,11,13). The van der Waals surface area contributed by atoms with E-state index in [4.69, 9.17) is 4.74 Å². The summed E-state index contributed by atoms with van der Waals surface area (Å²) in [5, 5.41) is 3.09. The fourth-order valence-corrected chi connectivity index (χ4v) is 3.05. The van der Waals surface area contributed by atoms with E-state index in [9.17, 15) is 4.79 Å². The molecule has 3 saturated heterocycles. The van der Waals surface area contributed by atoms with Crippen LogP contribution >= 0.6 is 0 Å². The van der Waals surface area contributed by atoms with E-state index >= 15 is 0 Å². The van der Waals surface area contributed by atoms with Crippen molar-refractivity contribution >= 4 is 5.91 Å². The molecule has 4 atom stereocenters. The van der Waals surface area contributed by atoms with Crippen molar-refractivity contribution < 1.29 is 9.53 Å². The molecule has 0 aliphatic carbocycles. The summed E-state index contributed by atoms with van der Waals surface area (Å²) < 4.78 is 5.85. The van der Waals surface area contributed by atoms with Crippen LogP contribution in [0.15, 0.2) is 0 Å². The first-order chi connectivity index (χ1) is 6.79. The van der Waals surface area contributed by atoms with Gasteiger partial charge >= 0.3 is 0 Å². The molecule has 0 aromatic carbocycles. The van der Waals surface area contributed by atoms with Crippen LogP contribution in [0.1, 0.15) is 19.8 Å². The van der Waals surface area contributed by atoms with Gasteiger partial charge in [-0.3, -0.25) is 9.69 Å². The Balaban J connectivity index is 1.74. The molecule has 0 aromatic rings. The maximum atomic E-state index is 11.3. The first-order valence-electron chi connectivity index (χ1n) is 5.48. The average molecular weight is 196 g/mol. The van der Waals surface area contributed by atoms with Crippen LogP contribution in [0, 0.1) is 0 Å². The fraction of sp³-hybridized carbons (Fsp3) is 0.900. The number of ether oxygens (including phenoxy) is 1. The molecule has 3 aliphatic rings. The Kier molecular flexibility index (Phi) is 1.82. The van der Waals surface area contributed by atoms with Crippen LogP contribution in [0.4, 0.5) is 0 Å². The van der Waals surface area contributed by atoms with Gasteiger partial charge in [0.05, 0.1) is 24.3 Å². The number of carbonyl (C=O) groups is 1. The maximum absolute atomic E-state index is 11.3. The van der Waals surface area contributed by atoms with Gasteiger partial charge in [0.1, 0.15) is 0 Å². The number of morpholine rings is 1. The van der Waals surface area contributed by atoms with Gasteiger partial charge in [-0.2, -0.15) is 0 Å². The van der Waals surface area contributed by atoms with Crippen LogP contribution in [-0.4, -0.2) is 48.2 Å². The van der Waals surface area contributed by atoms with Gasteiger partial charge in [0.15, 0.2) is 0 Å². The Hall–Kier alpha value is -0.610. The highest BCUT2D eigenvalue weighted by Gasteiger charge is 2.57. The number of hydrogen-bond acceptors (Lipinski definition) is 3. The van der Waals surface area contributed by atoms with E-state index < -0.39 is 0 Å². The fourth-order valence-electron chi connectivity index (χ4n) is 3.05. The smallest absolute Gasteiger partial charge is 0.220 e. The van der Waals surface area contributed by atoms with E-state index in [0.29, 0.717) is 18.6 Å². The van der Waals surface area contributed by atoms with Gasteiger partial charge in [-0.1, -0.05) is 6.92 Å². The quantitative estimate of drug-likeness (QED) is 0.661. The predicted octanol–water partition coefficient (Wildman–Crippen LogP) is -0.263. The molecule has 0 radical (unpaired) electrons. The van der Waals surface area contributed by atoms with E-state index in [0.717, 1.165) is 19.5 Å². The Morgan fingerprint density at radius 2 is 2.43 bits per heavy atom. The minimum absolute atomic E-state index is 0.151. The van der Waals surface area contributed by atoms with Crippen molar-refractivity contribution in [2.75, 3.05) is 13.1 Å². The molecule has 1 N–H and O–H groups in total. The number of carbonyl (C=O) groups excluding carboxylic acids is 1. The van der Waals surface area contributed by atoms with E-state index in [1.807, 2.05) is 6.92 Å². The van der Waals surface area contributed by atoms with Crippen molar-refractivity contribution in [2.45, 2.75) is 44.1 Å². The van der Waals surface area contributed by atoms with Crippen LogP contribution < -0.4 is 5.32 Å². The van der Waals surface area contributed by atoms with Gasteiger partial charge in [-0.05, 0) is 6.42 Å². The molecule has 14 heavy (non-hydrogen) atoms. The zero-order chi connectivity index (χ0) is 9.71. The molecule has 0 aromatic heterocycles. The number of amides is 1. The van der Waals surface area contributed by atoms with Crippen LogP contribution in [0.2, 0.25) is 0 Å². The van der Waals surface area contributed by atoms with Crippen molar-refractivity contribution in [1.29, 1.82) is 0 Å². The second-order valence-electron chi connectivity index (χ2n) is 4.43. The first kappa shape index (κ1) is 8.68. The zero-order valence-electron chi connectivity index (χ0n) is 8.40. The van der Waals surface area contributed by atoms with Crippen molar-refractivity contribution in [1.82, 2.24) is 10.2 Å². The highest BCUT2D eigenvalue weighted by Crippen LogP contribution is 2.39. The summed E-state index contributed by atoms with van der Waals surface area (Å²) in [5.74, 6) is 0.151.